The summed E-state index contributed by atoms with van der Waals surface area (Å²) in [5.74, 6) is -0.430. The first-order valence-corrected chi connectivity index (χ1v) is 30.4. The van der Waals surface area contributed by atoms with Crippen LogP contribution in [0, 0.1) is 0 Å². The van der Waals surface area contributed by atoms with E-state index in [9.17, 15) is 19.2 Å². The number of aromatic nitrogens is 12. The van der Waals surface area contributed by atoms with E-state index in [2.05, 4.69) is 41.2 Å². The van der Waals surface area contributed by atoms with E-state index in [1.54, 1.807) is 67.3 Å². The van der Waals surface area contributed by atoms with E-state index >= 15 is 0 Å². The number of ether oxygens (including phenoxy) is 4. The zero-order valence-electron chi connectivity index (χ0n) is 50.1. The van der Waals surface area contributed by atoms with E-state index < -0.39 is 23.9 Å². The molecule has 0 saturated heterocycles. The van der Waals surface area contributed by atoms with Crippen molar-refractivity contribution in [2.24, 2.45) is 0 Å². The molecular weight excluding hydrogens is 1160 g/mol. The molecule has 0 bridgehead atoms. The number of rotatable bonds is 27. The molecule has 0 atom stereocenters. The fourth-order valence-electron chi connectivity index (χ4n) is 10.4. The Labute approximate surface area is 529 Å². The molecule has 0 fully saturated rings. The van der Waals surface area contributed by atoms with Crippen LogP contribution < -0.4 is 18.9 Å². The van der Waals surface area contributed by atoms with Crippen molar-refractivity contribution in [3.63, 3.8) is 0 Å². The van der Waals surface area contributed by atoms with Crippen LogP contribution in [-0.2, 0) is 44.9 Å². The summed E-state index contributed by atoms with van der Waals surface area (Å²) in [4.78, 5) is 53.9. The van der Waals surface area contributed by atoms with Gasteiger partial charge in [-0.2, -0.15) is 0 Å². The van der Waals surface area contributed by atoms with E-state index in [0.717, 1.165) is 56.7 Å². The first-order valence-electron chi connectivity index (χ1n) is 30.4. The van der Waals surface area contributed by atoms with E-state index in [0.29, 0.717) is 85.1 Å². The SMILES string of the molecule is O=C(CCCc1cn(-c2ccccc2)nn1)Oc1ccc(-c2ccc(OC(=O)CCCc3cn(-c4ccccc4)nn3)cc2-c2cc(OC(=O)CCCc3cn(-c4ccccc4)nn3)ccc2-c2ccc(OC(=O)CCCc3cn(-c4ccccc4)nn3)cc2)cc1. The van der Waals surface area contributed by atoms with Gasteiger partial charge in [-0.15, -0.1) is 20.4 Å². The van der Waals surface area contributed by atoms with E-state index in [4.69, 9.17) is 18.9 Å². The third-order valence-electron chi connectivity index (χ3n) is 15.0. The van der Waals surface area contributed by atoms with Crippen LogP contribution in [0.1, 0.15) is 74.1 Å². The highest BCUT2D eigenvalue weighted by atomic mass is 16.5. The van der Waals surface area contributed by atoms with Gasteiger partial charge in [-0.25, -0.2) is 18.7 Å². The lowest BCUT2D eigenvalue weighted by atomic mass is 9.89. The Bertz CT molecular complexity index is 4150. The van der Waals surface area contributed by atoms with Crippen LogP contribution in [0.5, 0.6) is 23.0 Å². The van der Waals surface area contributed by atoms with Gasteiger partial charge in [0.25, 0.3) is 0 Å². The van der Waals surface area contributed by atoms with Gasteiger partial charge in [0.05, 0.1) is 70.3 Å². The third-order valence-corrected chi connectivity index (χ3v) is 15.0. The van der Waals surface area contributed by atoms with Crippen LogP contribution in [0.25, 0.3) is 56.1 Å². The number of esters is 4. The summed E-state index contributed by atoms with van der Waals surface area (Å²) in [6.07, 6.45) is 11.9. The smallest absolute Gasteiger partial charge is 0.311 e. The molecule has 0 aliphatic heterocycles. The lowest BCUT2D eigenvalue weighted by molar-refractivity contribution is -0.135. The van der Waals surface area contributed by atoms with Crippen LogP contribution >= 0.6 is 0 Å². The van der Waals surface area contributed by atoms with Gasteiger partial charge in [-0.05, 0) is 182 Å². The number of aryl methyl sites for hydroxylation is 4. The Hall–Kier alpha value is -11.8. The molecule has 0 N–H and O–H groups in total. The number of para-hydroxylation sites is 4. The highest BCUT2D eigenvalue weighted by Gasteiger charge is 2.20. The maximum absolute atomic E-state index is 13.7. The Morgan fingerprint density at radius 2 is 0.533 bits per heavy atom. The molecule has 0 aliphatic carbocycles. The molecule has 0 amide bonds. The van der Waals surface area contributed by atoms with Crippen LogP contribution in [0.3, 0.4) is 0 Å². The Morgan fingerprint density at radius 1 is 0.283 bits per heavy atom. The predicted molar refractivity (Wildman–Crippen MR) is 342 cm³/mol. The number of hydrogen-bond acceptors (Lipinski definition) is 16. The summed E-state index contributed by atoms with van der Waals surface area (Å²) in [6, 6.07) is 63.8. The summed E-state index contributed by atoms with van der Waals surface area (Å²) in [5.41, 5.74) is 10.7. The van der Waals surface area contributed by atoms with E-state index in [1.165, 1.54) is 0 Å². The van der Waals surface area contributed by atoms with Gasteiger partial charge in [0.2, 0.25) is 0 Å². The van der Waals surface area contributed by atoms with Crippen LogP contribution in [-0.4, -0.2) is 83.9 Å². The molecule has 4 heterocycles. The zero-order valence-corrected chi connectivity index (χ0v) is 50.1. The molecule has 8 aromatic carbocycles. The number of benzene rings is 8. The third kappa shape index (κ3) is 16.1. The van der Waals surface area contributed by atoms with Crippen molar-refractivity contribution in [1.82, 2.24) is 60.0 Å². The maximum Gasteiger partial charge on any atom is 0.311 e. The van der Waals surface area contributed by atoms with Gasteiger partial charge in [0.15, 0.2) is 0 Å². The molecule has 20 heteroatoms. The molecule has 20 nitrogen and oxygen atoms in total. The minimum absolute atomic E-state index is 0.0992. The molecular formula is C72H62N12O8. The fraction of sp³-hybridized carbons (Fsp3) is 0.167. The summed E-state index contributed by atoms with van der Waals surface area (Å²) in [7, 11) is 0. The maximum atomic E-state index is 13.7. The minimum Gasteiger partial charge on any atom is -0.427 e. The number of hydrogen-bond donors (Lipinski definition) is 0. The molecule has 0 saturated carbocycles. The second-order valence-corrected chi connectivity index (χ2v) is 21.7. The summed E-state index contributed by atoms with van der Waals surface area (Å²) >= 11 is 0. The largest absolute Gasteiger partial charge is 0.427 e. The summed E-state index contributed by atoms with van der Waals surface area (Å²) in [5, 5.41) is 34.2. The molecule has 0 radical (unpaired) electrons. The monoisotopic (exact) mass is 1220 g/mol. The van der Waals surface area contributed by atoms with Gasteiger partial charge in [-0.3, -0.25) is 19.2 Å². The first kappa shape index (κ1) is 60.5. The zero-order chi connectivity index (χ0) is 62.9. The fourth-order valence-corrected chi connectivity index (χ4v) is 10.4. The van der Waals surface area contributed by atoms with Gasteiger partial charge in [0.1, 0.15) is 23.0 Å². The number of nitrogens with zero attached hydrogens (tertiary/aromatic N) is 12. The topological polar surface area (TPSA) is 228 Å². The molecule has 12 rings (SSSR count). The normalized spacial score (nSPS) is 11.1. The first-order chi connectivity index (χ1) is 45.2. The number of carbonyl (C=O) groups excluding carboxylic acids is 4. The Kier molecular flexibility index (Phi) is 19.4. The quantitative estimate of drug-likeness (QED) is 0.0344. The van der Waals surface area contributed by atoms with Crippen LogP contribution in [0.2, 0.25) is 0 Å². The van der Waals surface area contributed by atoms with Crippen molar-refractivity contribution in [3.8, 4) is 79.1 Å². The summed E-state index contributed by atoms with van der Waals surface area (Å²) in [6.45, 7) is 0. The average Bonchev–Trinajstić information content (AvgIpc) is 1.63. The molecule has 0 unspecified atom stereocenters. The Morgan fingerprint density at radius 3 is 0.804 bits per heavy atom. The van der Waals surface area contributed by atoms with Gasteiger partial charge >= 0.3 is 23.9 Å². The highest BCUT2D eigenvalue weighted by molar-refractivity contribution is 5.94. The van der Waals surface area contributed by atoms with E-state index in [1.807, 2.05) is 183 Å². The van der Waals surface area contributed by atoms with Gasteiger partial charge in [0, 0.05) is 25.7 Å². The standard InChI is InChI=1S/C72H62N12O8/c85-69(29-13-17-53-47-81(77-73-53)57-21-5-1-6-22-57)89-61-37-33-51(34-38-61)65-43-41-63(91-71(87)31-15-19-55-49-83(79-75-55)59-25-9-3-10-26-59)45-67(65)68-46-64(92-72(88)32-16-20-56-50-84(80-76-56)60-27-11-4-12-28-60)42-44-66(68)52-35-39-62(40-36-52)90-70(86)30-14-18-54-48-82(78-74-54)58-23-7-2-8-24-58/h1-12,21-28,33-50H,13-20,29-32H2. The van der Waals surface area contributed by atoms with Crippen molar-refractivity contribution in [2.75, 3.05) is 0 Å². The van der Waals surface area contributed by atoms with Crippen LogP contribution in [0.4, 0.5) is 0 Å². The lowest BCUT2D eigenvalue weighted by Crippen LogP contribution is -2.09. The number of carbonyl (C=O) groups is 4. The highest BCUT2D eigenvalue weighted by Crippen LogP contribution is 2.43. The molecule has 12 aromatic rings. The van der Waals surface area contributed by atoms with Crippen molar-refractivity contribution in [3.05, 3.63) is 254 Å². The van der Waals surface area contributed by atoms with Gasteiger partial charge < -0.3 is 18.9 Å². The van der Waals surface area contributed by atoms with Crippen molar-refractivity contribution < 1.29 is 38.1 Å². The summed E-state index contributed by atoms with van der Waals surface area (Å²) < 4.78 is 30.7. The van der Waals surface area contributed by atoms with Crippen molar-refractivity contribution in [2.45, 2.75) is 77.0 Å². The van der Waals surface area contributed by atoms with Gasteiger partial charge in [-0.1, -0.05) is 130 Å². The molecule has 4 aromatic heterocycles. The molecule has 92 heavy (non-hydrogen) atoms. The minimum atomic E-state index is -0.449. The van der Waals surface area contributed by atoms with Crippen molar-refractivity contribution >= 4 is 23.9 Å². The second kappa shape index (κ2) is 29.5. The average molecular weight is 1220 g/mol. The van der Waals surface area contributed by atoms with E-state index in [-0.39, 0.29) is 37.2 Å². The molecule has 458 valence electrons. The Balaban J connectivity index is 0.785. The molecule has 0 spiro atoms. The van der Waals surface area contributed by atoms with Crippen LogP contribution in [0.15, 0.2) is 231 Å². The lowest BCUT2D eigenvalue weighted by Gasteiger charge is -2.18. The molecule has 0 aliphatic rings. The second-order valence-electron chi connectivity index (χ2n) is 21.7. The predicted octanol–water partition coefficient (Wildman–Crippen LogP) is 12.7. The van der Waals surface area contributed by atoms with Crippen molar-refractivity contribution in [1.29, 1.82) is 0 Å².